The lowest BCUT2D eigenvalue weighted by Gasteiger charge is -2.67. The summed E-state index contributed by atoms with van der Waals surface area (Å²) in [5.41, 5.74) is -2.18. The summed E-state index contributed by atoms with van der Waals surface area (Å²) in [4.78, 5) is 0. The molecule has 5 aliphatic carbocycles. The van der Waals surface area contributed by atoms with E-state index in [4.69, 9.17) is 0 Å². The molecular weight excluding hydrogens is 440 g/mol. The van der Waals surface area contributed by atoms with E-state index in [1.807, 2.05) is 6.92 Å². The van der Waals surface area contributed by atoms with Gasteiger partial charge in [-0.05, 0) is 96.7 Å². The van der Waals surface area contributed by atoms with Gasteiger partial charge in [0, 0.05) is 11.8 Å². The van der Waals surface area contributed by atoms with Crippen molar-refractivity contribution >= 4 is 0 Å². The Kier molecular flexibility index (Phi) is 6.15. The molecule has 5 aliphatic rings. The molecule has 5 nitrogen and oxygen atoms in total. The van der Waals surface area contributed by atoms with Gasteiger partial charge >= 0.3 is 0 Å². The minimum atomic E-state index is -1.58. The monoisotopic (exact) mass is 492 g/mol. The smallest absolute Gasteiger partial charge is 0.101 e. The highest BCUT2D eigenvalue weighted by Gasteiger charge is 2.72. The van der Waals surface area contributed by atoms with Gasteiger partial charge < -0.3 is 25.5 Å². The Bertz CT molecular complexity index is 832. The standard InChI is InChI=1S/C30H52O5/c1-15(2)17(4)27(5)13-22(27)16(3)20-8-9-21-19-11-25(34)30(35)12-18(31)10-24(33)29(30,7)26(19)23(32)14-28(20,21)6/h15-26,31-35H,8-14H2,1-7H3/t16-,17+,18-,19-,20+,21-,22+,23+,24-,25+,26+,27+,28+,29+,30-/m0/s1. The van der Waals surface area contributed by atoms with Gasteiger partial charge in [0.25, 0.3) is 0 Å². The molecule has 5 rings (SSSR count). The maximum atomic E-state index is 11.8. The van der Waals surface area contributed by atoms with Gasteiger partial charge in [0.1, 0.15) is 5.60 Å². The summed E-state index contributed by atoms with van der Waals surface area (Å²) in [6.07, 6.45) is 1.57. The Labute approximate surface area is 212 Å². The van der Waals surface area contributed by atoms with E-state index in [1.54, 1.807) is 0 Å². The SMILES string of the molecule is CC(C)[C@@H](C)[C@@]1(C)C[C@@H]1[C@@H](C)[C@H]1CC[C@H]2[C@@H]3C[C@@H](O)[C@@]4(O)C[C@@H](O)C[C@H](O)[C@]4(C)[C@H]3[C@H](O)C[C@]12C. The Morgan fingerprint density at radius 3 is 2.06 bits per heavy atom. The first-order chi connectivity index (χ1) is 16.1. The quantitative estimate of drug-likeness (QED) is 0.409. The van der Waals surface area contributed by atoms with E-state index in [2.05, 4.69) is 41.5 Å². The van der Waals surface area contributed by atoms with Crippen molar-refractivity contribution in [3.63, 3.8) is 0 Å². The summed E-state index contributed by atoms with van der Waals surface area (Å²) in [7, 11) is 0. The molecule has 5 fully saturated rings. The molecule has 0 heterocycles. The molecule has 0 aliphatic heterocycles. The molecule has 5 N–H and O–H groups in total. The van der Waals surface area contributed by atoms with Gasteiger partial charge in [-0.3, -0.25) is 0 Å². The van der Waals surface area contributed by atoms with Crippen molar-refractivity contribution in [1.29, 1.82) is 0 Å². The fourth-order valence-corrected chi connectivity index (χ4v) is 11.1. The zero-order chi connectivity index (χ0) is 25.9. The van der Waals surface area contributed by atoms with Crippen molar-refractivity contribution in [1.82, 2.24) is 0 Å². The van der Waals surface area contributed by atoms with E-state index in [9.17, 15) is 25.5 Å². The number of fused-ring (bicyclic) bond motifs is 5. The lowest BCUT2D eigenvalue weighted by atomic mass is 9.41. The van der Waals surface area contributed by atoms with Crippen LogP contribution in [-0.4, -0.2) is 55.5 Å². The van der Waals surface area contributed by atoms with E-state index in [0.29, 0.717) is 47.8 Å². The Balaban J connectivity index is 1.44. The molecule has 0 saturated heterocycles. The van der Waals surface area contributed by atoms with Gasteiger partial charge in [-0.25, -0.2) is 0 Å². The van der Waals surface area contributed by atoms with Gasteiger partial charge in [0.2, 0.25) is 0 Å². The van der Waals surface area contributed by atoms with Crippen molar-refractivity contribution in [2.75, 3.05) is 0 Å². The Hall–Kier alpha value is -0.200. The maximum Gasteiger partial charge on any atom is 0.101 e. The van der Waals surface area contributed by atoms with Crippen LogP contribution in [0.2, 0.25) is 0 Å². The second kappa shape index (κ2) is 8.15. The molecule has 0 aromatic rings. The minimum absolute atomic E-state index is 0.00916. The molecule has 0 radical (unpaired) electrons. The largest absolute Gasteiger partial charge is 0.393 e. The molecule has 15 atom stereocenters. The Morgan fingerprint density at radius 1 is 0.771 bits per heavy atom. The molecular formula is C30H52O5. The summed E-state index contributed by atoms with van der Waals surface area (Å²) >= 11 is 0. The Morgan fingerprint density at radius 2 is 1.43 bits per heavy atom. The molecule has 0 amide bonds. The van der Waals surface area contributed by atoms with E-state index in [1.165, 1.54) is 12.8 Å². The third kappa shape index (κ3) is 3.36. The van der Waals surface area contributed by atoms with Crippen LogP contribution < -0.4 is 0 Å². The van der Waals surface area contributed by atoms with Gasteiger partial charge in [0.05, 0.1) is 24.4 Å². The van der Waals surface area contributed by atoms with Crippen LogP contribution >= 0.6 is 0 Å². The van der Waals surface area contributed by atoms with Crippen molar-refractivity contribution in [3.8, 4) is 0 Å². The third-order valence-electron chi connectivity index (χ3n) is 13.6. The zero-order valence-corrected chi connectivity index (χ0v) is 23.1. The van der Waals surface area contributed by atoms with Crippen LogP contribution in [0.5, 0.6) is 0 Å². The fraction of sp³-hybridized carbons (Fsp3) is 1.00. The van der Waals surface area contributed by atoms with Crippen LogP contribution in [0.3, 0.4) is 0 Å². The zero-order valence-electron chi connectivity index (χ0n) is 23.1. The second-order valence-corrected chi connectivity index (χ2v) is 15.0. The van der Waals surface area contributed by atoms with Gasteiger partial charge in [-0.1, -0.05) is 48.5 Å². The van der Waals surface area contributed by atoms with Crippen LogP contribution in [0.1, 0.15) is 93.4 Å². The highest BCUT2D eigenvalue weighted by molar-refractivity contribution is 5.21. The van der Waals surface area contributed by atoms with Crippen LogP contribution in [-0.2, 0) is 0 Å². The summed E-state index contributed by atoms with van der Waals surface area (Å²) in [5.74, 6) is 3.47. The van der Waals surface area contributed by atoms with Crippen molar-refractivity contribution in [3.05, 3.63) is 0 Å². The first-order valence-electron chi connectivity index (χ1n) is 14.6. The topological polar surface area (TPSA) is 101 Å². The summed E-state index contributed by atoms with van der Waals surface area (Å²) in [5, 5.41) is 56.3. The van der Waals surface area contributed by atoms with Crippen LogP contribution in [0.25, 0.3) is 0 Å². The van der Waals surface area contributed by atoms with E-state index in [0.717, 1.165) is 12.3 Å². The average molecular weight is 493 g/mol. The first-order valence-corrected chi connectivity index (χ1v) is 14.6. The fourth-order valence-electron chi connectivity index (χ4n) is 11.1. The summed E-state index contributed by atoms with van der Waals surface area (Å²) in [6.45, 7) is 16.3. The molecule has 0 bridgehead atoms. The number of hydrogen-bond donors (Lipinski definition) is 5. The van der Waals surface area contributed by atoms with E-state index in [-0.39, 0.29) is 30.1 Å². The highest BCUT2D eigenvalue weighted by Crippen LogP contribution is 2.72. The average Bonchev–Trinajstić information content (AvgIpc) is 3.32. The second-order valence-electron chi connectivity index (χ2n) is 15.0. The van der Waals surface area contributed by atoms with E-state index < -0.39 is 35.4 Å². The molecule has 0 aromatic heterocycles. The van der Waals surface area contributed by atoms with Crippen LogP contribution in [0, 0.1) is 63.6 Å². The lowest BCUT2D eigenvalue weighted by Crippen LogP contribution is -2.74. The van der Waals surface area contributed by atoms with Crippen molar-refractivity contribution < 1.29 is 25.5 Å². The van der Waals surface area contributed by atoms with Gasteiger partial charge in [-0.2, -0.15) is 0 Å². The molecule has 5 heteroatoms. The normalized spacial score (nSPS) is 59.4. The van der Waals surface area contributed by atoms with Gasteiger partial charge in [-0.15, -0.1) is 0 Å². The van der Waals surface area contributed by atoms with Crippen LogP contribution in [0.15, 0.2) is 0 Å². The number of rotatable bonds is 4. The molecule has 202 valence electrons. The molecule has 35 heavy (non-hydrogen) atoms. The predicted octanol–water partition coefficient (Wildman–Crippen LogP) is 3.99. The summed E-state index contributed by atoms with van der Waals surface area (Å²) in [6, 6.07) is 0. The number of aliphatic hydroxyl groups is 5. The molecule has 5 saturated carbocycles. The maximum absolute atomic E-state index is 11.8. The van der Waals surface area contributed by atoms with Crippen molar-refractivity contribution in [2.45, 2.75) is 123 Å². The lowest BCUT2D eigenvalue weighted by molar-refractivity contribution is -0.310. The van der Waals surface area contributed by atoms with Crippen molar-refractivity contribution in [2.24, 2.45) is 63.6 Å². The van der Waals surface area contributed by atoms with E-state index >= 15 is 0 Å². The molecule has 0 spiro atoms. The number of aliphatic hydroxyl groups excluding tert-OH is 4. The molecule has 0 unspecified atom stereocenters. The molecule has 0 aromatic carbocycles. The van der Waals surface area contributed by atoms with Crippen LogP contribution in [0.4, 0.5) is 0 Å². The highest BCUT2D eigenvalue weighted by atomic mass is 16.4. The first kappa shape index (κ1) is 26.4. The third-order valence-corrected chi connectivity index (χ3v) is 13.6. The predicted molar refractivity (Wildman–Crippen MR) is 136 cm³/mol. The minimum Gasteiger partial charge on any atom is -0.393 e. The van der Waals surface area contributed by atoms with Gasteiger partial charge in [0.15, 0.2) is 0 Å². The summed E-state index contributed by atoms with van der Waals surface area (Å²) < 4.78 is 0. The number of hydrogen-bond acceptors (Lipinski definition) is 5.